The minimum absolute atomic E-state index is 0.164. The van der Waals surface area contributed by atoms with Gasteiger partial charge in [-0.25, -0.2) is 9.78 Å². The average Bonchev–Trinajstić information content (AvgIpc) is 2.82. The lowest BCUT2D eigenvalue weighted by Crippen LogP contribution is -2.21. The van der Waals surface area contributed by atoms with E-state index in [1.807, 2.05) is 30.3 Å². The van der Waals surface area contributed by atoms with E-state index in [9.17, 15) is 14.4 Å². The molecule has 8 nitrogen and oxygen atoms in total. The third kappa shape index (κ3) is 5.37. The molecule has 3 aromatic carbocycles. The zero-order valence-corrected chi connectivity index (χ0v) is 17.7. The van der Waals surface area contributed by atoms with Crippen molar-refractivity contribution < 1.29 is 19.1 Å². The predicted octanol–water partition coefficient (Wildman–Crippen LogP) is 4.05. The summed E-state index contributed by atoms with van der Waals surface area (Å²) in [7, 11) is 0. The zero-order valence-electron chi connectivity index (χ0n) is 17.7. The van der Waals surface area contributed by atoms with Crippen LogP contribution in [0.4, 0.5) is 11.4 Å². The van der Waals surface area contributed by atoms with Crippen molar-refractivity contribution in [2.45, 2.75) is 6.92 Å². The number of carbonyl (C=O) groups excluding carboxylic acids is 3. The van der Waals surface area contributed by atoms with Crippen LogP contribution in [0.15, 0.2) is 79.0 Å². The standard InChI is InChI=1S/C25H20N4O4/c1-16(30)27-20-10-3-2-9-19(20)25(32)33-15-24(31)28-18-8-6-7-17(13-18)23-14-26-21-11-4-5-12-22(21)29-23/h2-14H,15H2,1H3,(H,27,30)(H,28,31). The van der Waals surface area contributed by atoms with Crippen molar-refractivity contribution in [1.82, 2.24) is 9.97 Å². The van der Waals surface area contributed by atoms with Gasteiger partial charge in [-0.05, 0) is 36.4 Å². The van der Waals surface area contributed by atoms with Crippen molar-refractivity contribution in [3.05, 3.63) is 84.6 Å². The highest BCUT2D eigenvalue weighted by Gasteiger charge is 2.15. The molecule has 0 fully saturated rings. The molecule has 0 bridgehead atoms. The fraction of sp³-hybridized carbons (Fsp3) is 0.0800. The number of amides is 2. The van der Waals surface area contributed by atoms with Gasteiger partial charge in [-0.15, -0.1) is 0 Å². The van der Waals surface area contributed by atoms with Gasteiger partial charge < -0.3 is 15.4 Å². The number of rotatable bonds is 6. The second-order valence-electron chi connectivity index (χ2n) is 7.18. The molecule has 0 saturated carbocycles. The summed E-state index contributed by atoms with van der Waals surface area (Å²) in [5.41, 5.74) is 4.04. The van der Waals surface area contributed by atoms with E-state index < -0.39 is 18.5 Å². The van der Waals surface area contributed by atoms with E-state index in [2.05, 4.69) is 20.6 Å². The lowest BCUT2D eigenvalue weighted by Gasteiger charge is -2.10. The maximum Gasteiger partial charge on any atom is 0.340 e. The maximum atomic E-state index is 12.4. The molecule has 0 radical (unpaired) electrons. The molecule has 0 aliphatic rings. The molecule has 4 aromatic rings. The number of aromatic nitrogens is 2. The van der Waals surface area contributed by atoms with E-state index in [1.165, 1.54) is 13.0 Å². The molecule has 164 valence electrons. The normalized spacial score (nSPS) is 10.5. The van der Waals surface area contributed by atoms with Gasteiger partial charge in [0.15, 0.2) is 6.61 Å². The van der Waals surface area contributed by atoms with Crippen LogP contribution in [-0.2, 0) is 14.3 Å². The average molecular weight is 440 g/mol. The van der Waals surface area contributed by atoms with Gasteiger partial charge in [0.1, 0.15) is 0 Å². The monoisotopic (exact) mass is 440 g/mol. The van der Waals surface area contributed by atoms with Gasteiger partial charge in [-0.2, -0.15) is 0 Å². The largest absolute Gasteiger partial charge is 0.452 e. The summed E-state index contributed by atoms with van der Waals surface area (Å²) < 4.78 is 5.12. The van der Waals surface area contributed by atoms with E-state index >= 15 is 0 Å². The first-order valence-electron chi connectivity index (χ1n) is 10.2. The van der Waals surface area contributed by atoms with Crippen molar-refractivity contribution in [3.8, 4) is 11.3 Å². The Hall–Kier alpha value is -4.59. The number of carbonyl (C=O) groups is 3. The molecule has 33 heavy (non-hydrogen) atoms. The number of esters is 1. The molecule has 8 heteroatoms. The minimum atomic E-state index is -0.713. The first-order chi connectivity index (χ1) is 16.0. The van der Waals surface area contributed by atoms with Crippen LogP contribution < -0.4 is 10.6 Å². The smallest absolute Gasteiger partial charge is 0.340 e. The Balaban J connectivity index is 1.41. The van der Waals surface area contributed by atoms with Crippen LogP contribution >= 0.6 is 0 Å². The van der Waals surface area contributed by atoms with E-state index in [0.717, 1.165) is 16.6 Å². The third-order valence-corrected chi connectivity index (χ3v) is 4.68. The Morgan fingerprint density at radius 1 is 0.879 bits per heavy atom. The summed E-state index contributed by atoms with van der Waals surface area (Å²) in [6.07, 6.45) is 1.68. The summed E-state index contributed by atoms with van der Waals surface area (Å²) in [6.45, 7) is 0.862. The summed E-state index contributed by atoms with van der Waals surface area (Å²) in [5.74, 6) is -1.53. The highest BCUT2D eigenvalue weighted by Crippen LogP contribution is 2.22. The van der Waals surface area contributed by atoms with Crippen molar-refractivity contribution in [2.24, 2.45) is 0 Å². The Kier molecular flexibility index (Phi) is 6.36. The molecule has 2 amide bonds. The summed E-state index contributed by atoms with van der Waals surface area (Å²) in [4.78, 5) is 45.1. The number of fused-ring (bicyclic) bond motifs is 1. The summed E-state index contributed by atoms with van der Waals surface area (Å²) in [5, 5.41) is 5.27. The molecule has 2 N–H and O–H groups in total. The van der Waals surface area contributed by atoms with Gasteiger partial charge in [0, 0.05) is 18.2 Å². The van der Waals surface area contributed by atoms with Crippen LogP contribution in [0, 0.1) is 0 Å². The number of anilines is 2. The lowest BCUT2D eigenvalue weighted by atomic mass is 10.1. The molecule has 0 saturated heterocycles. The lowest BCUT2D eigenvalue weighted by molar-refractivity contribution is -0.119. The number of nitrogens with zero attached hydrogens (tertiary/aromatic N) is 2. The van der Waals surface area contributed by atoms with Gasteiger partial charge >= 0.3 is 5.97 Å². The number of ether oxygens (including phenoxy) is 1. The van der Waals surface area contributed by atoms with Crippen LogP contribution in [0.1, 0.15) is 17.3 Å². The molecule has 0 unspecified atom stereocenters. The van der Waals surface area contributed by atoms with E-state index in [1.54, 1.807) is 42.6 Å². The number of benzene rings is 3. The minimum Gasteiger partial charge on any atom is -0.452 e. The van der Waals surface area contributed by atoms with Crippen molar-refractivity contribution in [2.75, 3.05) is 17.2 Å². The van der Waals surface area contributed by atoms with Crippen LogP contribution in [0.2, 0.25) is 0 Å². The number of para-hydroxylation sites is 3. The molecular weight excluding hydrogens is 420 g/mol. The molecule has 0 aliphatic heterocycles. The SMILES string of the molecule is CC(=O)Nc1ccccc1C(=O)OCC(=O)Nc1cccc(-c2cnc3ccccc3n2)c1. The Morgan fingerprint density at radius 3 is 2.45 bits per heavy atom. The molecule has 0 aliphatic carbocycles. The zero-order chi connectivity index (χ0) is 23.2. The van der Waals surface area contributed by atoms with Gasteiger partial charge in [-0.3, -0.25) is 14.6 Å². The van der Waals surface area contributed by atoms with Gasteiger partial charge in [0.25, 0.3) is 5.91 Å². The fourth-order valence-electron chi connectivity index (χ4n) is 3.22. The van der Waals surface area contributed by atoms with Gasteiger partial charge in [-0.1, -0.05) is 36.4 Å². The summed E-state index contributed by atoms with van der Waals surface area (Å²) in [6, 6.07) is 21.1. The van der Waals surface area contributed by atoms with Crippen molar-refractivity contribution in [1.29, 1.82) is 0 Å². The number of hydrogen-bond donors (Lipinski definition) is 2. The van der Waals surface area contributed by atoms with E-state index in [4.69, 9.17) is 4.74 Å². The Morgan fingerprint density at radius 2 is 1.64 bits per heavy atom. The van der Waals surface area contributed by atoms with Crippen LogP contribution in [0.3, 0.4) is 0 Å². The first-order valence-corrected chi connectivity index (χ1v) is 10.2. The molecule has 0 atom stereocenters. The molecule has 0 spiro atoms. The molecular formula is C25H20N4O4. The second kappa shape index (κ2) is 9.69. The third-order valence-electron chi connectivity index (χ3n) is 4.68. The molecule has 4 rings (SSSR count). The second-order valence-corrected chi connectivity index (χ2v) is 7.18. The van der Waals surface area contributed by atoms with Crippen LogP contribution in [0.25, 0.3) is 22.3 Å². The van der Waals surface area contributed by atoms with Gasteiger partial charge in [0.2, 0.25) is 5.91 Å². The van der Waals surface area contributed by atoms with E-state index in [0.29, 0.717) is 17.1 Å². The van der Waals surface area contributed by atoms with Crippen LogP contribution in [-0.4, -0.2) is 34.4 Å². The number of nitrogens with one attached hydrogen (secondary N) is 2. The first kappa shape index (κ1) is 21.6. The maximum absolute atomic E-state index is 12.4. The Bertz CT molecular complexity index is 1350. The summed E-state index contributed by atoms with van der Waals surface area (Å²) >= 11 is 0. The Labute approximate surface area is 189 Å². The highest BCUT2D eigenvalue weighted by atomic mass is 16.5. The van der Waals surface area contributed by atoms with E-state index in [-0.39, 0.29) is 11.5 Å². The quantitative estimate of drug-likeness (QED) is 0.438. The van der Waals surface area contributed by atoms with Crippen LogP contribution in [0.5, 0.6) is 0 Å². The number of hydrogen-bond acceptors (Lipinski definition) is 6. The predicted molar refractivity (Wildman–Crippen MR) is 125 cm³/mol. The topological polar surface area (TPSA) is 110 Å². The van der Waals surface area contributed by atoms with Gasteiger partial charge in [0.05, 0.1) is 34.2 Å². The molecule has 1 heterocycles. The van der Waals surface area contributed by atoms with Crippen molar-refractivity contribution >= 4 is 40.2 Å². The molecule has 1 aromatic heterocycles. The highest BCUT2D eigenvalue weighted by molar-refractivity contribution is 6.02. The van der Waals surface area contributed by atoms with Crippen molar-refractivity contribution in [3.63, 3.8) is 0 Å². The fourth-order valence-corrected chi connectivity index (χ4v) is 3.22.